The van der Waals surface area contributed by atoms with Gasteiger partial charge in [-0.1, -0.05) is 25.4 Å². The molecule has 18 heavy (non-hydrogen) atoms. The normalized spacial score (nSPS) is 12.3. The van der Waals surface area contributed by atoms with Gasteiger partial charge < -0.3 is 10.6 Å². The number of carbonyl (C=O) groups is 1. The fourth-order valence-corrected chi connectivity index (χ4v) is 2.26. The molecule has 0 aliphatic heterocycles. The maximum Gasteiger partial charge on any atom is 0.228 e. The van der Waals surface area contributed by atoms with Gasteiger partial charge in [-0.05, 0) is 34.6 Å². The molecule has 0 aliphatic rings. The van der Waals surface area contributed by atoms with Crippen molar-refractivity contribution in [2.75, 3.05) is 18.4 Å². The molecule has 0 bridgehead atoms. The van der Waals surface area contributed by atoms with E-state index < -0.39 is 5.82 Å². The highest BCUT2D eigenvalue weighted by molar-refractivity contribution is 9.10. The third kappa shape index (κ3) is 4.23. The molecular formula is C12H15BrClFN2O. The average Bonchev–Trinajstić information content (AvgIpc) is 2.30. The van der Waals surface area contributed by atoms with Crippen molar-refractivity contribution in [3.05, 3.63) is 27.4 Å². The van der Waals surface area contributed by atoms with Crippen molar-refractivity contribution in [1.29, 1.82) is 0 Å². The second-order valence-electron chi connectivity index (χ2n) is 3.94. The summed E-state index contributed by atoms with van der Waals surface area (Å²) in [6.07, 6.45) is 0. The Hall–Kier alpha value is -0.650. The fourth-order valence-electron chi connectivity index (χ4n) is 1.36. The van der Waals surface area contributed by atoms with Crippen LogP contribution in [0.15, 0.2) is 16.6 Å². The van der Waals surface area contributed by atoms with Gasteiger partial charge in [-0.25, -0.2) is 4.39 Å². The first-order valence-corrected chi connectivity index (χ1v) is 6.79. The molecule has 100 valence electrons. The Bertz CT molecular complexity index is 419. The molecule has 0 fully saturated rings. The zero-order valence-corrected chi connectivity index (χ0v) is 12.5. The van der Waals surface area contributed by atoms with Crippen LogP contribution in [0.25, 0.3) is 0 Å². The summed E-state index contributed by atoms with van der Waals surface area (Å²) in [6.45, 7) is 5.17. The van der Waals surface area contributed by atoms with Crippen molar-refractivity contribution in [3.8, 4) is 0 Å². The molecule has 1 atom stereocenters. The van der Waals surface area contributed by atoms with E-state index in [1.807, 2.05) is 13.8 Å². The Morgan fingerprint density at radius 2 is 2.22 bits per heavy atom. The molecule has 0 aliphatic carbocycles. The summed E-state index contributed by atoms with van der Waals surface area (Å²) in [5.41, 5.74) is 0.395. The number of anilines is 1. The molecule has 0 aromatic heterocycles. The van der Waals surface area contributed by atoms with Gasteiger partial charge in [-0.15, -0.1) is 0 Å². The lowest BCUT2D eigenvalue weighted by atomic mass is 10.1. The Kier molecular flexibility index (Phi) is 6.05. The van der Waals surface area contributed by atoms with E-state index >= 15 is 0 Å². The second kappa shape index (κ2) is 7.07. The van der Waals surface area contributed by atoms with Crippen LogP contribution in [0.4, 0.5) is 10.1 Å². The lowest BCUT2D eigenvalue weighted by Crippen LogP contribution is -2.30. The molecule has 0 radical (unpaired) electrons. The topological polar surface area (TPSA) is 41.1 Å². The molecule has 1 amide bonds. The monoisotopic (exact) mass is 336 g/mol. The van der Waals surface area contributed by atoms with Crippen molar-refractivity contribution in [3.63, 3.8) is 0 Å². The number of hydrogen-bond acceptors (Lipinski definition) is 2. The highest BCUT2D eigenvalue weighted by Gasteiger charge is 2.16. The Balaban J connectivity index is 2.76. The molecule has 1 aromatic rings. The summed E-state index contributed by atoms with van der Waals surface area (Å²) < 4.78 is 13.5. The standard InChI is InChI=1S/C12H15BrClFN2O/c1-3-16-6-7(2)12(18)17-11-9(13)4-8(15)5-10(11)14/h4-5,7,16H,3,6H2,1-2H3,(H,17,18). The van der Waals surface area contributed by atoms with Gasteiger partial charge in [0.1, 0.15) is 5.82 Å². The number of hydrogen-bond donors (Lipinski definition) is 2. The van der Waals surface area contributed by atoms with Crippen LogP contribution < -0.4 is 10.6 Å². The smallest absolute Gasteiger partial charge is 0.228 e. The van der Waals surface area contributed by atoms with E-state index in [9.17, 15) is 9.18 Å². The van der Waals surface area contributed by atoms with Crippen LogP contribution in [0.2, 0.25) is 5.02 Å². The maximum absolute atomic E-state index is 13.0. The van der Waals surface area contributed by atoms with Gasteiger partial charge in [0, 0.05) is 16.9 Å². The molecule has 0 spiro atoms. The third-order valence-corrected chi connectivity index (χ3v) is 3.33. The van der Waals surface area contributed by atoms with Crippen molar-refractivity contribution >= 4 is 39.1 Å². The maximum atomic E-state index is 13.0. The van der Waals surface area contributed by atoms with Crippen LogP contribution in [0.5, 0.6) is 0 Å². The predicted octanol–water partition coefficient (Wildman–Crippen LogP) is 3.43. The van der Waals surface area contributed by atoms with Crippen molar-refractivity contribution < 1.29 is 9.18 Å². The van der Waals surface area contributed by atoms with Gasteiger partial charge in [0.25, 0.3) is 0 Å². The van der Waals surface area contributed by atoms with Crippen molar-refractivity contribution in [1.82, 2.24) is 5.32 Å². The van der Waals surface area contributed by atoms with Crippen LogP contribution in [0.1, 0.15) is 13.8 Å². The van der Waals surface area contributed by atoms with E-state index in [0.717, 1.165) is 12.6 Å². The molecule has 2 N–H and O–H groups in total. The summed E-state index contributed by atoms with van der Waals surface area (Å²) in [6, 6.07) is 2.42. The van der Waals surface area contributed by atoms with Gasteiger partial charge in [0.15, 0.2) is 0 Å². The Morgan fingerprint density at radius 3 is 2.78 bits per heavy atom. The second-order valence-corrected chi connectivity index (χ2v) is 5.20. The number of rotatable bonds is 5. The lowest BCUT2D eigenvalue weighted by molar-refractivity contribution is -0.119. The van der Waals surface area contributed by atoms with Crippen LogP contribution >= 0.6 is 27.5 Å². The molecule has 0 heterocycles. The SMILES string of the molecule is CCNCC(C)C(=O)Nc1c(Cl)cc(F)cc1Br. The zero-order valence-electron chi connectivity index (χ0n) is 10.2. The summed E-state index contributed by atoms with van der Waals surface area (Å²) in [4.78, 5) is 11.9. The molecular weight excluding hydrogens is 322 g/mol. The first-order valence-electron chi connectivity index (χ1n) is 5.61. The van der Waals surface area contributed by atoms with Crippen LogP contribution in [-0.4, -0.2) is 19.0 Å². The molecule has 3 nitrogen and oxygen atoms in total. The molecule has 1 rings (SSSR count). The summed E-state index contributed by atoms with van der Waals surface area (Å²) >= 11 is 9.06. The molecule has 1 unspecified atom stereocenters. The average molecular weight is 338 g/mol. The van der Waals surface area contributed by atoms with E-state index in [-0.39, 0.29) is 16.8 Å². The van der Waals surface area contributed by atoms with E-state index in [2.05, 4.69) is 26.6 Å². The minimum absolute atomic E-state index is 0.162. The van der Waals surface area contributed by atoms with Gasteiger partial charge in [0.05, 0.1) is 10.7 Å². The van der Waals surface area contributed by atoms with E-state index in [0.29, 0.717) is 16.7 Å². The number of halogens is 3. The number of amides is 1. The number of benzene rings is 1. The highest BCUT2D eigenvalue weighted by atomic mass is 79.9. The summed E-state index contributed by atoms with van der Waals surface area (Å²) in [5, 5.41) is 5.95. The van der Waals surface area contributed by atoms with Crippen LogP contribution in [0.3, 0.4) is 0 Å². The Labute approximate surface area is 119 Å². The molecule has 0 saturated heterocycles. The van der Waals surface area contributed by atoms with Crippen molar-refractivity contribution in [2.45, 2.75) is 13.8 Å². The molecule has 1 aromatic carbocycles. The summed E-state index contributed by atoms with van der Waals surface area (Å²) in [5.74, 6) is -0.811. The minimum atomic E-state index is -0.453. The lowest BCUT2D eigenvalue weighted by Gasteiger charge is -2.14. The van der Waals surface area contributed by atoms with Crippen LogP contribution in [0, 0.1) is 11.7 Å². The summed E-state index contributed by atoms with van der Waals surface area (Å²) in [7, 11) is 0. The number of carbonyl (C=O) groups excluding carboxylic acids is 1. The molecule has 6 heteroatoms. The first kappa shape index (κ1) is 15.4. The van der Waals surface area contributed by atoms with E-state index in [4.69, 9.17) is 11.6 Å². The van der Waals surface area contributed by atoms with E-state index in [1.165, 1.54) is 6.07 Å². The fraction of sp³-hybridized carbons (Fsp3) is 0.417. The zero-order chi connectivity index (χ0) is 13.7. The quantitative estimate of drug-likeness (QED) is 0.864. The first-order chi connectivity index (χ1) is 8.45. The predicted molar refractivity (Wildman–Crippen MR) is 75.4 cm³/mol. The van der Waals surface area contributed by atoms with Gasteiger partial charge >= 0.3 is 0 Å². The number of nitrogens with one attached hydrogen (secondary N) is 2. The van der Waals surface area contributed by atoms with Gasteiger partial charge in [0.2, 0.25) is 5.91 Å². The largest absolute Gasteiger partial charge is 0.324 e. The van der Waals surface area contributed by atoms with E-state index in [1.54, 1.807) is 0 Å². The third-order valence-electron chi connectivity index (χ3n) is 2.40. The van der Waals surface area contributed by atoms with Gasteiger partial charge in [-0.2, -0.15) is 0 Å². The molecule has 0 saturated carbocycles. The van der Waals surface area contributed by atoms with Crippen LogP contribution in [-0.2, 0) is 4.79 Å². The highest BCUT2D eigenvalue weighted by Crippen LogP contribution is 2.31. The Morgan fingerprint density at radius 1 is 1.56 bits per heavy atom. The van der Waals surface area contributed by atoms with Gasteiger partial charge in [-0.3, -0.25) is 4.79 Å². The minimum Gasteiger partial charge on any atom is -0.324 e. The van der Waals surface area contributed by atoms with Crippen molar-refractivity contribution in [2.24, 2.45) is 5.92 Å².